The molecule has 1 aliphatic rings. The third-order valence-electron chi connectivity index (χ3n) is 2.46. The van der Waals surface area contributed by atoms with Gasteiger partial charge in [-0.2, -0.15) is 4.99 Å². The van der Waals surface area contributed by atoms with Crippen LogP contribution < -0.4 is 5.73 Å². The average Bonchev–Trinajstić information content (AvgIpc) is 2.70. The van der Waals surface area contributed by atoms with Gasteiger partial charge in [-0.3, -0.25) is 0 Å². The Labute approximate surface area is 117 Å². The number of halogens is 2. The molecule has 2 N–H and O–H groups in total. The fraction of sp³-hybridized carbons (Fsp3) is 0.400. The van der Waals surface area contributed by atoms with Gasteiger partial charge in [-0.05, 0) is 28.4 Å². The molecule has 0 saturated carbocycles. The summed E-state index contributed by atoms with van der Waals surface area (Å²) in [5.41, 5.74) is 5.82. The summed E-state index contributed by atoms with van der Waals surface area (Å²) < 4.78 is 1.48. The Morgan fingerprint density at radius 2 is 2.41 bits per heavy atom. The third-order valence-corrected chi connectivity index (χ3v) is 4.99. The zero-order valence-electron chi connectivity index (χ0n) is 9.11. The number of carbonyl (C=O) groups is 1. The predicted molar refractivity (Wildman–Crippen MR) is 73.8 cm³/mol. The summed E-state index contributed by atoms with van der Waals surface area (Å²) in [5, 5.41) is 0. The Bertz CT molecular complexity index is 468. The number of nitrogens with two attached hydrogens (primary N) is 1. The van der Waals surface area contributed by atoms with E-state index in [1.165, 1.54) is 11.3 Å². The zero-order chi connectivity index (χ0) is 12.6. The smallest absolute Gasteiger partial charge is 0.346 e. The number of carbonyl (C=O) groups excluding carboxylic acids is 1. The van der Waals surface area contributed by atoms with E-state index in [1.807, 2.05) is 13.0 Å². The molecule has 1 aliphatic heterocycles. The van der Waals surface area contributed by atoms with Crippen molar-refractivity contribution in [3.63, 3.8) is 0 Å². The maximum Gasteiger partial charge on any atom is 0.346 e. The number of thiophene rings is 1. The van der Waals surface area contributed by atoms with Crippen LogP contribution in [0.5, 0.6) is 0 Å². The SMILES string of the molecule is CCCN1C(=O)N=C(N)C1c1cc(Br)c(Cl)s1. The minimum atomic E-state index is -0.269. The Morgan fingerprint density at radius 3 is 2.94 bits per heavy atom. The van der Waals surface area contributed by atoms with Crippen LogP contribution in [0.2, 0.25) is 4.34 Å². The molecule has 0 bridgehead atoms. The highest BCUT2D eigenvalue weighted by Gasteiger charge is 2.35. The van der Waals surface area contributed by atoms with Gasteiger partial charge >= 0.3 is 6.03 Å². The number of rotatable bonds is 3. The van der Waals surface area contributed by atoms with Crippen LogP contribution in [-0.4, -0.2) is 23.3 Å². The second kappa shape index (κ2) is 4.96. The molecule has 0 fully saturated rings. The number of amidine groups is 1. The molecule has 0 aromatic carbocycles. The molecule has 2 rings (SSSR count). The number of hydrogen-bond acceptors (Lipinski definition) is 3. The van der Waals surface area contributed by atoms with Gasteiger partial charge in [-0.1, -0.05) is 18.5 Å². The Hall–Kier alpha value is -0.590. The van der Waals surface area contributed by atoms with E-state index < -0.39 is 0 Å². The van der Waals surface area contributed by atoms with Crippen molar-refractivity contribution in [2.45, 2.75) is 19.4 Å². The molecule has 92 valence electrons. The third kappa shape index (κ3) is 2.34. The van der Waals surface area contributed by atoms with Gasteiger partial charge in [0.1, 0.15) is 16.2 Å². The van der Waals surface area contributed by atoms with Crippen molar-refractivity contribution in [2.75, 3.05) is 6.54 Å². The molecular formula is C10H11BrClN3OS. The second-order valence-electron chi connectivity index (χ2n) is 3.69. The maximum absolute atomic E-state index is 11.7. The first-order valence-electron chi connectivity index (χ1n) is 5.14. The molecule has 0 radical (unpaired) electrons. The van der Waals surface area contributed by atoms with Crippen molar-refractivity contribution in [3.8, 4) is 0 Å². The molecule has 2 heterocycles. The van der Waals surface area contributed by atoms with Crippen molar-refractivity contribution in [3.05, 3.63) is 19.8 Å². The summed E-state index contributed by atoms with van der Waals surface area (Å²) in [4.78, 5) is 18.1. The largest absolute Gasteiger partial charge is 0.385 e. The topological polar surface area (TPSA) is 58.7 Å². The summed E-state index contributed by atoms with van der Waals surface area (Å²) in [7, 11) is 0. The van der Waals surface area contributed by atoms with Gasteiger partial charge in [0.05, 0.1) is 0 Å². The van der Waals surface area contributed by atoms with Gasteiger partial charge in [0, 0.05) is 15.9 Å². The molecule has 4 nitrogen and oxygen atoms in total. The van der Waals surface area contributed by atoms with Crippen LogP contribution in [0.3, 0.4) is 0 Å². The molecule has 1 atom stereocenters. The Morgan fingerprint density at radius 1 is 1.71 bits per heavy atom. The Kier molecular flexibility index (Phi) is 3.75. The van der Waals surface area contributed by atoms with Crippen molar-refractivity contribution < 1.29 is 4.79 Å². The maximum atomic E-state index is 11.7. The van der Waals surface area contributed by atoms with Crippen molar-refractivity contribution in [2.24, 2.45) is 10.7 Å². The monoisotopic (exact) mass is 335 g/mol. The van der Waals surface area contributed by atoms with Crippen LogP contribution in [0.4, 0.5) is 4.79 Å². The molecule has 17 heavy (non-hydrogen) atoms. The lowest BCUT2D eigenvalue weighted by Gasteiger charge is -2.22. The highest BCUT2D eigenvalue weighted by Crippen LogP contribution is 2.38. The van der Waals surface area contributed by atoms with E-state index in [0.717, 1.165) is 15.8 Å². The van der Waals surface area contributed by atoms with Crippen LogP contribution in [0.15, 0.2) is 15.5 Å². The lowest BCUT2D eigenvalue weighted by molar-refractivity contribution is 0.207. The number of urea groups is 1. The number of nitrogens with zero attached hydrogens (tertiary/aromatic N) is 2. The molecule has 1 aromatic rings. The van der Waals surface area contributed by atoms with Crippen molar-refractivity contribution in [1.29, 1.82) is 0 Å². The normalized spacial score (nSPS) is 19.9. The van der Waals surface area contributed by atoms with E-state index in [2.05, 4.69) is 20.9 Å². The molecule has 2 amide bonds. The first-order chi connectivity index (χ1) is 8.04. The minimum Gasteiger partial charge on any atom is -0.385 e. The van der Waals surface area contributed by atoms with Crippen molar-refractivity contribution in [1.82, 2.24) is 4.90 Å². The molecule has 0 aliphatic carbocycles. The van der Waals surface area contributed by atoms with Crippen LogP contribution in [0, 0.1) is 0 Å². The molecular weight excluding hydrogens is 326 g/mol. The quantitative estimate of drug-likeness (QED) is 0.919. The molecule has 1 aromatic heterocycles. The first-order valence-corrected chi connectivity index (χ1v) is 7.12. The van der Waals surface area contributed by atoms with Crippen LogP contribution >= 0.6 is 38.9 Å². The zero-order valence-corrected chi connectivity index (χ0v) is 12.3. The summed E-state index contributed by atoms with van der Waals surface area (Å²) >= 11 is 10.8. The second-order valence-corrected chi connectivity index (χ2v) is 6.23. The van der Waals surface area contributed by atoms with E-state index in [0.29, 0.717) is 16.7 Å². The van der Waals surface area contributed by atoms with Gasteiger partial charge in [-0.15, -0.1) is 11.3 Å². The van der Waals surface area contributed by atoms with Gasteiger partial charge in [0.25, 0.3) is 0 Å². The summed E-state index contributed by atoms with van der Waals surface area (Å²) in [6.07, 6.45) is 0.866. The van der Waals surface area contributed by atoms with Crippen LogP contribution in [-0.2, 0) is 0 Å². The predicted octanol–water partition coefficient (Wildman–Crippen LogP) is 3.41. The lowest BCUT2D eigenvalue weighted by atomic mass is 10.2. The standard InChI is InChI=1S/C10H11BrClN3OS/c1-2-3-15-7(9(13)14-10(15)16)6-4-5(11)8(12)17-6/h4,7H,2-3H2,1H3,(H2,13,14,16). The van der Waals surface area contributed by atoms with Gasteiger partial charge in [0.15, 0.2) is 0 Å². The highest BCUT2D eigenvalue weighted by atomic mass is 79.9. The molecule has 0 saturated heterocycles. The van der Waals surface area contributed by atoms with E-state index in [-0.39, 0.29) is 12.1 Å². The summed E-state index contributed by atoms with van der Waals surface area (Å²) in [6, 6.07) is 1.35. The van der Waals surface area contributed by atoms with E-state index in [9.17, 15) is 4.79 Å². The van der Waals surface area contributed by atoms with Gasteiger partial charge in [-0.25, -0.2) is 4.79 Å². The van der Waals surface area contributed by atoms with Crippen LogP contribution in [0.1, 0.15) is 24.3 Å². The van der Waals surface area contributed by atoms with Gasteiger partial charge < -0.3 is 10.6 Å². The fourth-order valence-corrected chi connectivity index (χ4v) is 3.63. The molecule has 1 unspecified atom stereocenters. The van der Waals surface area contributed by atoms with Crippen LogP contribution in [0.25, 0.3) is 0 Å². The van der Waals surface area contributed by atoms with E-state index in [1.54, 1.807) is 4.90 Å². The van der Waals surface area contributed by atoms with E-state index >= 15 is 0 Å². The number of hydrogen-bond donors (Lipinski definition) is 1. The lowest BCUT2D eigenvalue weighted by Crippen LogP contribution is -2.33. The molecule has 0 spiro atoms. The number of amides is 2. The summed E-state index contributed by atoms with van der Waals surface area (Å²) in [6.45, 7) is 2.65. The number of aliphatic imine (C=N–C) groups is 1. The minimum absolute atomic E-state index is 0.267. The average molecular weight is 337 g/mol. The fourth-order valence-electron chi connectivity index (χ4n) is 1.77. The summed E-state index contributed by atoms with van der Waals surface area (Å²) in [5.74, 6) is 0.342. The van der Waals surface area contributed by atoms with E-state index in [4.69, 9.17) is 17.3 Å². The first kappa shape index (κ1) is 12.9. The van der Waals surface area contributed by atoms with Gasteiger partial charge in [0.2, 0.25) is 0 Å². The highest BCUT2D eigenvalue weighted by molar-refractivity contribution is 9.10. The molecule has 7 heteroatoms. The Balaban J connectivity index is 2.35. The van der Waals surface area contributed by atoms with Crippen molar-refractivity contribution >= 4 is 50.7 Å².